The Balaban J connectivity index is 2.39. The molecule has 0 heterocycles. The number of aliphatic carboxylic acids is 2. The van der Waals surface area contributed by atoms with Gasteiger partial charge in [0.2, 0.25) is 0 Å². The first-order valence-corrected chi connectivity index (χ1v) is 4.22. The van der Waals surface area contributed by atoms with E-state index >= 15 is 0 Å². The second-order valence-electron chi connectivity index (χ2n) is 3.80. The molecule has 3 atom stereocenters. The van der Waals surface area contributed by atoms with Gasteiger partial charge in [-0.1, -0.05) is 12.2 Å². The Labute approximate surface area is 74.9 Å². The zero-order valence-electron chi connectivity index (χ0n) is 6.93. The Hall–Kier alpha value is -1.32. The zero-order valence-corrected chi connectivity index (χ0v) is 6.93. The van der Waals surface area contributed by atoms with E-state index in [2.05, 4.69) is 0 Å². The molecule has 0 radical (unpaired) electrons. The summed E-state index contributed by atoms with van der Waals surface area (Å²) in [6, 6.07) is 0. The second kappa shape index (κ2) is 2.34. The maximum Gasteiger partial charge on any atom is 0.314 e. The number of carboxylic acids is 2. The molecule has 3 unspecified atom stereocenters. The molecule has 1 fully saturated rings. The average Bonchev–Trinajstić information content (AvgIpc) is 2.60. The van der Waals surface area contributed by atoms with Gasteiger partial charge in [-0.25, -0.2) is 0 Å². The Bertz CT molecular complexity index is 307. The van der Waals surface area contributed by atoms with Gasteiger partial charge in [0.15, 0.2) is 0 Å². The van der Waals surface area contributed by atoms with Crippen LogP contribution in [0.2, 0.25) is 0 Å². The standard InChI is InChI=1S/C9H10O4/c10-7(11)6-3-5-1-2-9(6,4-5)8(12)13/h1-2,5-6H,3-4H2,(H,10,11)(H,12,13). The van der Waals surface area contributed by atoms with Crippen LogP contribution in [0.5, 0.6) is 0 Å². The number of hydrogen-bond donors (Lipinski definition) is 2. The van der Waals surface area contributed by atoms with Gasteiger partial charge in [0, 0.05) is 0 Å². The molecule has 2 rings (SSSR count). The van der Waals surface area contributed by atoms with Crippen LogP contribution >= 0.6 is 0 Å². The van der Waals surface area contributed by atoms with E-state index < -0.39 is 23.3 Å². The lowest BCUT2D eigenvalue weighted by Gasteiger charge is -2.24. The fourth-order valence-electron chi connectivity index (χ4n) is 2.44. The summed E-state index contributed by atoms with van der Waals surface area (Å²) in [5, 5.41) is 17.8. The molecule has 0 aliphatic heterocycles. The monoisotopic (exact) mass is 182 g/mol. The number of carboxylic acid groups (broad SMARTS) is 2. The van der Waals surface area contributed by atoms with E-state index in [9.17, 15) is 9.59 Å². The van der Waals surface area contributed by atoms with Crippen molar-refractivity contribution in [2.45, 2.75) is 12.8 Å². The number of hydrogen-bond acceptors (Lipinski definition) is 2. The maximum absolute atomic E-state index is 11.0. The molecule has 0 saturated heterocycles. The van der Waals surface area contributed by atoms with Crippen LogP contribution in [0.15, 0.2) is 12.2 Å². The SMILES string of the molecule is O=C(O)C1CC2C=CC1(C(=O)O)C2. The van der Waals surface area contributed by atoms with Crippen LogP contribution in [0.3, 0.4) is 0 Å². The molecule has 0 amide bonds. The highest BCUT2D eigenvalue weighted by Gasteiger charge is 2.57. The van der Waals surface area contributed by atoms with E-state index in [0.717, 1.165) is 0 Å². The zero-order chi connectivity index (χ0) is 9.64. The van der Waals surface area contributed by atoms with Crippen LogP contribution in [0, 0.1) is 17.3 Å². The van der Waals surface area contributed by atoms with Gasteiger partial charge >= 0.3 is 11.9 Å². The van der Waals surface area contributed by atoms with Crippen LogP contribution in [0.1, 0.15) is 12.8 Å². The molecular weight excluding hydrogens is 172 g/mol. The molecule has 4 nitrogen and oxygen atoms in total. The van der Waals surface area contributed by atoms with Gasteiger partial charge in [-0.15, -0.1) is 0 Å². The number of rotatable bonds is 2. The summed E-state index contributed by atoms with van der Waals surface area (Å²) in [6.07, 6.45) is 4.31. The first kappa shape index (κ1) is 8.29. The topological polar surface area (TPSA) is 74.6 Å². The van der Waals surface area contributed by atoms with E-state index in [-0.39, 0.29) is 5.92 Å². The predicted octanol–water partition coefficient (Wildman–Crippen LogP) is 0.738. The van der Waals surface area contributed by atoms with Crippen molar-refractivity contribution in [3.8, 4) is 0 Å². The molecular formula is C9H10O4. The van der Waals surface area contributed by atoms with Crippen molar-refractivity contribution in [1.29, 1.82) is 0 Å². The van der Waals surface area contributed by atoms with Crippen LogP contribution in [-0.2, 0) is 9.59 Å². The molecule has 2 aliphatic rings. The summed E-state index contributed by atoms with van der Waals surface area (Å²) >= 11 is 0. The highest BCUT2D eigenvalue weighted by Crippen LogP contribution is 2.53. The highest BCUT2D eigenvalue weighted by atomic mass is 16.4. The molecule has 0 aromatic heterocycles. The summed E-state index contributed by atoms with van der Waals surface area (Å²) in [4.78, 5) is 21.8. The Morgan fingerprint density at radius 2 is 2.08 bits per heavy atom. The molecule has 0 aromatic rings. The summed E-state index contributed by atoms with van der Waals surface area (Å²) < 4.78 is 0. The van der Waals surface area contributed by atoms with Gasteiger partial charge in [0.1, 0.15) is 0 Å². The number of carbonyl (C=O) groups is 2. The molecule has 2 bridgehead atoms. The minimum Gasteiger partial charge on any atom is -0.481 e. The van der Waals surface area contributed by atoms with Gasteiger partial charge in [-0.2, -0.15) is 0 Å². The van der Waals surface area contributed by atoms with Crippen molar-refractivity contribution >= 4 is 11.9 Å². The normalized spacial score (nSPS) is 40.9. The smallest absolute Gasteiger partial charge is 0.314 e. The van der Waals surface area contributed by atoms with Gasteiger partial charge in [-0.05, 0) is 18.8 Å². The van der Waals surface area contributed by atoms with Gasteiger partial charge < -0.3 is 10.2 Å². The van der Waals surface area contributed by atoms with E-state index in [4.69, 9.17) is 10.2 Å². The van der Waals surface area contributed by atoms with Gasteiger partial charge in [0.05, 0.1) is 11.3 Å². The lowest BCUT2D eigenvalue weighted by Crippen LogP contribution is -2.36. The van der Waals surface area contributed by atoms with E-state index in [0.29, 0.717) is 12.8 Å². The molecule has 70 valence electrons. The van der Waals surface area contributed by atoms with Crippen molar-refractivity contribution in [3.63, 3.8) is 0 Å². The van der Waals surface area contributed by atoms with E-state index in [1.807, 2.05) is 6.08 Å². The lowest BCUT2D eigenvalue weighted by atomic mass is 9.78. The molecule has 2 aliphatic carbocycles. The second-order valence-corrected chi connectivity index (χ2v) is 3.80. The first-order chi connectivity index (χ1) is 6.06. The van der Waals surface area contributed by atoms with E-state index in [1.165, 1.54) is 0 Å². The van der Waals surface area contributed by atoms with Gasteiger partial charge in [-0.3, -0.25) is 9.59 Å². The fraction of sp³-hybridized carbons (Fsp3) is 0.556. The Morgan fingerprint density at radius 1 is 1.38 bits per heavy atom. The summed E-state index contributed by atoms with van der Waals surface area (Å²) in [5.41, 5.74) is -1.11. The summed E-state index contributed by atoms with van der Waals surface area (Å²) in [7, 11) is 0. The quantitative estimate of drug-likeness (QED) is 0.617. The minimum absolute atomic E-state index is 0.150. The molecule has 0 aromatic carbocycles. The van der Waals surface area contributed by atoms with Crippen LogP contribution in [0.25, 0.3) is 0 Å². The Morgan fingerprint density at radius 3 is 2.46 bits per heavy atom. The van der Waals surface area contributed by atoms with Gasteiger partial charge in [0.25, 0.3) is 0 Å². The Kier molecular flexibility index (Phi) is 1.49. The summed E-state index contributed by atoms with van der Waals surface area (Å²) in [6.45, 7) is 0. The van der Waals surface area contributed by atoms with Crippen LogP contribution < -0.4 is 0 Å². The maximum atomic E-state index is 11.0. The predicted molar refractivity (Wildman–Crippen MR) is 43.1 cm³/mol. The highest BCUT2D eigenvalue weighted by molar-refractivity contribution is 5.87. The molecule has 2 N–H and O–H groups in total. The average molecular weight is 182 g/mol. The van der Waals surface area contributed by atoms with Crippen molar-refractivity contribution < 1.29 is 19.8 Å². The first-order valence-electron chi connectivity index (χ1n) is 4.22. The van der Waals surface area contributed by atoms with Crippen molar-refractivity contribution in [1.82, 2.24) is 0 Å². The third-order valence-electron chi connectivity index (χ3n) is 3.12. The molecule has 0 spiro atoms. The third-order valence-corrected chi connectivity index (χ3v) is 3.12. The largest absolute Gasteiger partial charge is 0.481 e. The number of fused-ring (bicyclic) bond motifs is 2. The van der Waals surface area contributed by atoms with Crippen molar-refractivity contribution in [2.75, 3.05) is 0 Å². The molecule has 13 heavy (non-hydrogen) atoms. The summed E-state index contributed by atoms with van der Waals surface area (Å²) in [5.74, 6) is -2.58. The lowest BCUT2D eigenvalue weighted by molar-refractivity contribution is -0.157. The van der Waals surface area contributed by atoms with Crippen LogP contribution in [0.4, 0.5) is 0 Å². The van der Waals surface area contributed by atoms with Crippen LogP contribution in [-0.4, -0.2) is 22.2 Å². The number of allylic oxidation sites excluding steroid dienone is 1. The fourth-order valence-corrected chi connectivity index (χ4v) is 2.44. The molecule has 4 heteroatoms. The van der Waals surface area contributed by atoms with E-state index in [1.54, 1.807) is 6.08 Å². The minimum atomic E-state index is -1.11. The molecule has 1 saturated carbocycles. The van der Waals surface area contributed by atoms with Crippen molar-refractivity contribution in [3.05, 3.63) is 12.2 Å². The van der Waals surface area contributed by atoms with Crippen molar-refractivity contribution in [2.24, 2.45) is 17.3 Å². The third kappa shape index (κ3) is 0.913.